The molecule has 0 saturated heterocycles. The highest BCUT2D eigenvalue weighted by atomic mass is 32.2. The van der Waals surface area contributed by atoms with E-state index in [0.29, 0.717) is 0 Å². The number of thioether (sulfide) groups is 1. The highest BCUT2D eigenvalue weighted by molar-refractivity contribution is 8.14. The molecule has 0 spiro atoms. The summed E-state index contributed by atoms with van der Waals surface area (Å²) in [6, 6.07) is 7.92. The van der Waals surface area contributed by atoms with Gasteiger partial charge < -0.3 is 10.6 Å². The zero-order valence-corrected chi connectivity index (χ0v) is 14.2. The van der Waals surface area contributed by atoms with E-state index in [1.165, 1.54) is 6.20 Å². The number of rotatable bonds is 5. The summed E-state index contributed by atoms with van der Waals surface area (Å²) in [7, 11) is 0. The van der Waals surface area contributed by atoms with Crippen molar-refractivity contribution >= 4 is 28.5 Å². The number of hydrogen-bond acceptors (Lipinski definition) is 5. The van der Waals surface area contributed by atoms with Crippen LogP contribution in [0, 0.1) is 11.3 Å². The fourth-order valence-corrected chi connectivity index (χ4v) is 2.99. The molecule has 0 bridgehead atoms. The van der Waals surface area contributed by atoms with Crippen molar-refractivity contribution in [3.8, 4) is 6.07 Å². The zero-order valence-electron chi connectivity index (χ0n) is 13.3. The van der Waals surface area contributed by atoms with Crippen LogP contribution >= 0.6 is 11.8 Å². The number of aliphatic imine (C=N–C) groups is 1. The fourth-order valence-electron chi connectivity index (χ4n) is 2.29. The average molecular weight is 328 g/mol. The van der Waals surface area contributed by atoms with Crippen LogP contribution in [0.1, 0.15) is 25.0 Å². The van der Waals surface area contributed by atoms with Crippen LogP contribution in [-0.2, 0) is 17.6 Å². The third-order valence-electron chi connectivity index (χ3n) is 3.53. The van der Waals surface area contributed by atoms with E-state index >= 15 is 0 Å². The van der Waals surface area contributed by atoms with Crippen LogP contribution in [0.4, 0.5) is 5.69 Å². The number of anilines is 1. The first-order valence-electron chi connectivity index (χ1n) is 7.65. The Bertz CT molecular complexity index is 666. The standard InChI is InChI=1S/C17H20N4OS/c1-3-12-6-5-7-13(4-2)15(12)21-16(22)14(10-18)11-20-17-19-8-9-23-17/h5-7,11H,3-4,8-9H2,1-2H3,(H,19,20)(H,21,22)/b14-11-. The molecule has 0 unspecified atom stereocenters. The minimum Gasteiger partial charge on any atom is -0.340 e. The predicted octanol–water partition coefficient (Wildman–Crippen LogP) is 2.85. The largest absolute Gasteiger partial charge is 0.340 e. The van der Waals surface area contributed by atoms with E-state index in [0.717, 1.165) is 47.1 Å². The number of nitriles is 1. The van der Waals surface area contributed by atoms with Crippen LogP contribution in [-0.4, -0.2) is 23.4 Å². The molecule has 2 N–H and O–H groups in total. The van der Waals surface area contributed by atoms with Gasteiger partial charge in [0.05, 0.1) is 6.54 Å². The van der Waals surface area contributed by atoms with Crippen LogP contribution in [0.15, 0.2) is 35.0 Å². The maximum Gasteiger partial charge on any atom is 0.267 e. The summed E-state index contributed by atoms with van der Waals surface area (Å²) in [6.45, 7) is 4.85. The molecule has 0 fully saturated rings. The second-order valence-electron chi connectivity index (χ2n) is 4.96. The Balaban J connectivity index is 2.16. The number of amidine groups is 1. The molecule has 0 aliphatic carbocycles. The maximum absolute atomic E-state index is 12.4. The number of hydrogen-bond donors (Lipinski definition) is 2. The number of aryl methyl sites for hydroxylation is 2. The summed E-state index contributed by atoms with van der Waals surface area (Å²) in [5, 5.41) is 15.8. The van der Waals surface area contributed by atoms with Crippen molar-refractivity contribution in [2.75, 3.05) is 17.6 Å². The summed E-state index contributed by atoms with van der Waals surface area (Å²) in [5.74, 6) is 0.521. The first-order valence-corrected chi connectivity index (χ1v) is 8.64. The second kappa shape index (κ2) is 8.39. The van der Waals surface area contributed by atoms with Crippen LogP contribution in [0.2, 0.25) is 0 Å². The molecule has 5 nitrogen and oxygen atoms in total. The minimum absolute atomic E-state index is 0.0353. The van der Waals surface area contributed by atoms with Gasteiger partial charge >= 0.3 is 0 Å². The number of nitrogens with zero attached hydrogens (tertiary/aromatic N) is 2. The smallest absolute Gasteiger partial charge is 0.267 e. The van der Waals surface area contributed by atoms with Crippen molar-refractivity contribution in [2.24, 2.45) is 4.99 Å². The Hall–Kier alpha value is -2.26. The Labute approximate surface area is 140 Å². The Morgan fingerprint density at radius 2 is 2.09 bits per heavy atom. The molecule has 23 heavy (non-hydrogen) atoms. The summed E-state index contributed by atoms with van der Waals surface area (Å²) in [6.07, 6.45) is 3.06. The molecule has 1 aliphatic rings. The summed E-state index contributed by atoms with van der Waals surface area (Å²) in [4.78, 5) is 16.6. The summed E-state index contributed by atoms with van der Waals surface area (Å²) >= 11 is 1.58. The van der Waals surface area contributed by atoms with Gasteiger partial charge in [-0.2, -0.15) is 5.26 Å². The van der Waals surface area contributed by atoms with Gasteiger partial charge in [0.15, 0.2) is 5.17 Å². The normalized spacial score (nSPS) is 14.1. The monoisotopic (exact) mass is 328 g/mol. The predicted molar refractivity (Wildman–Crippen MR) is 95.4 cm³/mol. The van der Waals surface area contributed by atoms with Crippen molar-refractivity contribution in [3.63, 3.8) is 0 Å². The lowest BCUT2D eigenvalue weighted by molar-refractivity contribution is -0.112. The molecule has 0 saturated carbocycles. The Morgan fingerprint density at radius 1 is 1.39 bits per heavy atom. The molecular formula is C17H20N4OS. The Morgan fingerprint density at radius 3 is 2.61 bits per heavy atom. The number of para-hydroxylation sites is 1. The molecule has 6 heteroatoms. The van der Waals surface area contributed by atoms with Gasteiger partial charge in [0, 0.05) is 17.6 Å². The van der Waals surface area contributed by atoms with E-state index in [-0.39, 0.29) is 5.57 Å². The van der Waals surface area contributed by atoms with Crippen molar-refractivity contribution in [3.05, 3.63) is 41.1 Å². The lowest BCUT2D eigenvalue weighted by Crippen LogP contribution is -2.20. The van der Waals surface area contributed by atoms with E-state index in [1.54, 1.807) is 11.8 Å². The third kappa shape index (κ3) is 4.36. The molecule has 120 valence electrons. The number of nitrogens with one attached hydrogen (secondary N) is 2. The van der Waals surface area contributed by atoms with E-state index in [1.807, 2.05) is 38.1 Å². The lowest BCUT2D eigenvalue weighted by atomic mass is 10.0. The quantitative estimate of drug-likeness (QED) is 0.643. The molecule has 1 aliphatic heterocycles. The molecule has 0 atom stereocenters. The third-order valence-corrected chi connectivity index (χ3v) is 4.44. The zero-order chi connectivity index (χ0) is 16.7. The van der Waals surface area contributed by atoms with E-state index < -0.39 is 5.91 Å². The van der Waals surface area contributed by atoms with Crippen molar-refractivity contribution in [2.45, 2.75) is 26.7 Å². The van der Waals surface area contributed by atoms with Gasteiger partial charge in [0.2, 0.25) is 0 Å². The van der Waals surface area contributed by atoms with Gasteiger partial charge in [-0.3, -0.25) is 9.79 Å². The van der Waals surface area contributed by atoms with Gasteiger partial charge in [0.25, 0.3) is 5.91 Å². The average Bonchev–Trinajstić information content (AvgIpc) is 3.09. The first-order chi connectivity index (χ1) is 11.2. The van der Waals surface area contributed by atoms with Crippen LogP contribution in [0.3, 0.4) is 0 Å². The lowest BCUT2D eigenvalue weighted by Gasteiger charge is -2.14. The highest BCUT2D eigenvalue weighted by Gasteiger charge is 2.14. The molecular weight excluding hydrogens is 308 g/mol. The number of benzene rings is 1. The van der Waals surface area contributed by atoms with Crippen molar-refractivity contribution in [1.82, 2.24) is 5.32 Å². The molecule has 1 heterocycles. The molecule has 1 amide bonds. The van der Waals surface area contributed by atoms with Gasteiger partial charge in [-0.25, -0.2) is 0 Å². The first kappa shape index (κ1) is 17.1. The molecule has 0 radical (unpaired) electrons. The number of amides is 1. The Kier molecular flexibility index (Phi) is 6.24. The molecule has 2 rings (SSSR count). The summed E-state index contributed by atoms with van der Waals surface area (Å²) in [5.41, 5.74) is 2.99. The van der Waals surface area contributed by atoms with Gasteiger partial charge in [-0.1, -0.05) is 43.8 Å². The number of carbonyl (C=O) groups is 1. The van der Waals surface area contributed by atoms with E-state index in [4.69, 9.17) is 0 Å². The minimum atomic E-state index is -0.404. The highest BCUT2D eigenvalue weighted by Crippen LogP contribution is 2.23. The fraction of sp³-hybridized carbons (Fsp3) is 0.353. The van der Waals surface area contributed by atoms with Crippen LogP contribution in [0.5, 0.6) is 0 Å². The van der Waals surface area contributed by atoms with Crippen molar-refractivity contribution in [1.29, 1.82) is 5.26 Å². The maximum atomic E-state index is 12.4. The summed E-state index contributed by atoms with van der Waals surface area (Å²) < 4.78 is 0. The topological polar surface area (TPSA) is 77.3 Å². The van der Waals surface area contributed by atoms with E-state index in [9.17, 15) is 10.1 Å². The molecule has 1 aromatic rings. The van der Waals surface area contributed by atoms with Gasteiger partial charge in [-0.05, 0) is 24.0 Å². The van der Waals surface area contributed by atoms with Gasteiger partial charge in [0.1, 0.15) is 11.6 Å². The molecule has 0 aromatic heterocycles. The van der Waals surface area contributed by atoms with Crippen LogP contribution in [0.25, 0.3) is 0 Å². The van der Waals surface area contributed by atoms with E-state index in [2.05, 4.69) is 15.6 Å². The number of carbonyl (C=O) groups excluding carboxylic acids is 1. The van der Waals surface area contributed by atoms with Crippen molar-refractivity contribution < 1.29 is 4.79 Å². The molecule has 1 aromatic carbocycles. The van der Waals surface area contributed by atoms with Gasteiger partial charge in [-0.15, -0.1) is 0 Å². The second-order valence-corrected chi connectivity index (χ2v) is 6.05. The van der Waals surface area contributed by atoms with Crippen LogP contribution < -0.4 is 10.6 Å². The SMILES string of the molecule is CCc1cccc(CC)c1NC(=O)/C(C#N)=C\NC1=NCCS1.